The molecule has 0 aliphatic heterocycles. The van der Waals surface area contributed by atoms with Crippen LogP contribution in [0.15, 0.2) is 36.0 Å². The van der Waals surface area contributed by atoms with E-state index in [1.807, 2.05) is 23.5 Å². The van der Waals surface area contributed by atoms with Gasteiger partial charge in [0, 0.05) is 29.5 Å². The van der Waals surface area contributed by atoms with Crippen LogP contribution in [0.1, 0.15) is 17.4 Å². The van der Waals surface area contributed by atoms with Gasteiger partial charge in [0.1, 0.15) is 0 Å². The third kappa shape index (κ3) is 2.57. The van der Waals surface area contributed by atoms with Crippen LogP contribution in [0.3, 0.4) is 0 Å². The monoisotopic (exact) mass is 218 g/mol. The van der Waals surface area contributed by atoms with Crippen molar-refractivity contribution < 1.29 is 0 Å². The van der Waals surface area contributed by atoms with Crippen molar-refractivity contribution >= 4 is 17.0 Å². The number of aryl methyl sites for hydroxylation is 1. The van der Waals surface area contributed by atoms with Crippen LogP contribution < -0.4 is 5.32 Å². The lowest BCUT2D eigenvalue weighted by atomic mass is 10.2. The molecule has 2 heterocycles. The van der Waals surface area contributed by atoms with Crippen LogP contribution in [0.5, 0.6) is 0 Å². The van der Waals surface area contributed by atoms with Gasteiger partial charge in [0.15, 0.2) is 0 Å². The highest BCUT2D eigenvalue weighted by Gasteiger charge is 2.01. The van der Waals surface area contributed by atoms with Crippen molar-refractivity contribution in [2.24, 2.45) is 0 Å². The zero-order chi connectivity index (χ0) is 10.5. The van der Waals surface area contributed by atoms with E-state index in [-0.39, 0.29) is 0 Å². The summed E-state index contributed by atoms with van der Waals surface area (Å²) >= 11 is 1.82. The average Bonchev–Trinajstić information content (AvgIpc) is 2.75. The molecule has 0 amide bonds. The maximum atomic E-state index is 3.99. The summed E-state index contributed by atoms with van der Waals surface area (Å²) in [6.07, 6.45) is 4.71. The lowest BCUT2D eigenvalue weighted by Crippen LogP contribution is -1.99. The van der Waals surface area contributed by atoms with Gasteiger partial charge in [-0.2, -0.15) is 0 Å². The molecule has 2 aromatic rings. The molecular weight excluding hydrogens is 204 g/mol. The third-order valence-electron chi connectivity index (χ3n) is 2.35. The first-order valence-electron chi connectivity index (χ1n) is 5.09. The normalized spacial score (nSPS) is 10.2. The second kappa shape index (κ2) is 4.94. The van der Waals surface area contributed by atoms with Crippen LogP contribution in [0.25, 0.3) is 0 Å². The highest BCUT2D eigenvalue weighted by Crippen LogP contribution is 2.18. The van der Waals surface area contributed by atoms with Crippen molar-refractivity contribution in [3.8, 4) is 0 Å². The first kappa shape index (κ1) is 10.2. The van der Waals surface area contributed by atoms with Crippen molar-refractivity contribution in [2.75, 3.05) is 5.32 Å². The molecule has 78 valence electrons. The third-order valence-corrected chi connectivity index (χ3v) is 3.32. The standard InChI is InChI=1S/C12H14N2S/c1-2-10-5-8-15-12(10)9-14-11-3-6-13-7-4-11/h3-8H,2,9H2,1H3,(H,13,14). The largest absolute Gasteiger partial charge is 0.380 e. The Morgan fingerprint density at radius 1 is 1.27 bits per heavy atom. The Labute approximate surface area is 94.0 Å². The summed E-state index contributed by atoms with van der Waals surface area (Å²) < 4.78 is 0. The van der Waals surface area contributed by atoms with Gasteiger partial charge >= 0.3 is 0 Å². The number of thiophene rings is 1. The summed E-state index contributed by atoms with van der Waals surface area (Å²) in [5.74, 6) is 0. The number of nitrogens with zero attached hydrogens (tertiary/aromatic N) is 1. The Bertz CT molecular complexity index is 409. The van der Waals surface area contributed by atoms with Crippen LogP contribution in [-0.2, 0) is 13.0 Å². The van der Waals surface area contributed by atoms with Gasteiger partial charge in [-0.05, 0) is 35.6 Å². The molecular formula is C12H14N2S. The first-order chi connectivity index (χ1) is 7.40. The Morgan fingerprint density at radius 3 is 2.80 bits per heavy atom. The Morgan fingerprint density at radius 2 is 2.07 bits per heavy atom. The van der Waals surface area contributed by atoms with Gasteiger partial charge < -0.3 is 5.32 Å². The van der Waals surface area contributed by atoms with E-state index >= 15 is 0 Å². The number of hydrogen-bond donors (Lipinski definition) is 1. The molecule has 0 aliphatic rings. The van der Waals surface area contributed by atoms with E-state index in [1.165, 1.54) is 10.4 Å². The lowest BCUT2D eigenvalue weighted by Gasteiger charge is -2.05. The Kier molecular flexibility index (Phi) is 3.35. The molecule has 0 unspecified atom stereocenters. The summed E-state index contributed by atoms with van der Waals surface area (Å²) in [5, 5.41) is 5.55. The maximum absolute atomic E-state index is 3.99. The Hall–Kier alpha value is -1.35. The van der Waals surface area contributed by atoms with Crippen LogP contribution in [0.4, 0.5) is 5.69 Å². The molecule has 0 saturated carbocycles. The van der Waals surface area contributed by atoms with E-state index in [4.69, 9.17) is 0 Å². The molecule has 0 fully saturated rings. The summed E-state index contributed by atoms with van der Waals surface area (Å²) in [6, 6.07) is 6.17. The fourth-order valence-corrected chi connectivity index (χ4v) is 2.41. The van der Waals surface area contributed by atoms with E-state index in [1.54, 1.807) is 12.4 Å². The van der Waals surface area contributed by atoms with Crippen molar-refractivity contribution in [1.29, 1.82) is 0 Å². The van der Waals surface area contributed by atoms with Crippen LogP contribution in [-0.4, -0.2) is 4.98 Å². The molecule has 2 rings (SSSR count). The molecule has 0 atom stereocenters. The molecule has 0 aliphatic carbocycles. The minimum absolute atomic E-state index is 0.908. The molecule has 1 N–H and O–H groups in total. The van der Waals surface area contributed by atoms with E-state index in [2.05, 4.69) is 28.7 Å². The highest BCUT2D eigenvalue weighted by molar-refractivity contribution is 7.10. The summed E-state index contributed by atoms with van der Waals surface area (Å²) in [5.41, 5.74) is 2.57. The predicted octanol–water partition coefficient (Wildman–Crippen LogP) is 3.32. The van der Waals surface area contributed by atoms with Crippen LogP contribution >= 0.6 is 11.3 Å². The predicted molar refractivity (Wildman–Crippen MR) is 65.3 cm³/mol. The molecule has 15 heavy (non-hydrogen) atoms. The van der Waals surface area contributed by atoms with Gasteiger partial charge in [-0.3, -0.25) is 4.98 Å². The van der Waals surface area contributed by atoms with Crippen LogP contribution in [0, 0.1) is 0 Å². The van der Waals surface area contributed by atoms with Gasteiger partial charge in [-0.25, -0.2) is 0 Å². The molecule has 3 heteroatoms. The molecule has 0 radical (unpaired) electrons. The molecule has 0 aromatic carbocycles. The molecule has 0 spiro atoms. The molecule has 0 saturated heterocycles. The quantitative estimate of drug-likeness (QED) is 0.851. The van der Waals surface area contributed by atoms with Gasteiger partial charge in [-0.1, -0.05) is 6.92 Å². The number of pyridine rings is 1. The highest BCUT2D eigenvalue weighted by atomic mass is 32.1. The maximum Gasteiger partial charge on any atom is 0.0496 e. The fourth-order valence-electron chi connectivity index (χ4n) is 1.49. The molecule has 2 aromatic heterocycles. The summed E-state index contributed by atoms with van der Waals surface area (Å²) in [6.45, 7) is 3.10. The second-order valence-electron chi connectivity index (χ2n) is 3.31. The minimum atomic E-state index is 0.908. The van der Waals surface area contributed by atoms with Gasteiger partial charge in [0.05, 0.1) is 0 Å². The second-order valence-corrected chi connectivity index (χ2v) is 4.31. The smallest absolute Gasteiger partial charge is 0.0496 e. The number of rotatable bonds is 4. The number of anilines is 1. The van der Waals surface area contributed by atoms with E-state index in [0.29, 0.717) is 0 Å². The van der Waals surface area contributed by atoms with Crippen molar-refractivity contribution in [1.82, 2.24) is 4.98 Å². The van der Waals surface area contributed by atoms with Crippen molar-refractivity contribution in [2.45, 2.75) is 19.9 Å². The van der Waals surface area contributed by atoms with Gasteiger partial charge in [-0.15, -0.1) is 11.3 Å². The van der Waals surface area contributed by atoms with E-state index in [0.717, 1.165) is 18.7 Å². The zero-order valence-corrected chi connectivity index (χ0v) is 9.55. The summed E-state index contributed by atoms with van der Waals surface area (Å²) in [7, 11) is 0. The lowest BCUT2D eigenvalue weighted by molar-refractivity contribution is 1.08. The van der Waals surface area contributed by atoms with Crippen LogP contribution in [0.2, 0.25) is 0 Å². The number of nitrogens with one attached hydrogen (secondary N) is 1. The van der Waals surface area contributed by atoms with E-state index < -0.39 is 0 Å². The van der Waals surface area contributed by atoms with Crippen molar-refractivity contribution in [3.63, 3.8) is 0 Å². The van der Waals surface area contributed by atoms with Crippen molar-refractivity contribution in [3.05, 3.63) is 46.4 Å². The average molecular weight is 218 g/mol. The SMILES string of the molecule is CCc1ccsc1CNc1ccncc1. The number of hydrogen-bond acceptors (Lipinski definition) is 3. The summed E-state index contributed by atoms with van der Waals surface area (Å²) in [4.78, 5) is 5.41. The fraction of sp³-hybridized carbons (Fsp3) is 0.250. The topological polar surface area (TPSA) is 24.9 Å². The van der Waals surface area contributed by atoms with Gasteiger partial charge in [0.2, 0.25) is 0 Å². The Balaban J connectivity index is 1.99. The zero-order valence-electron chi connectivity index (χ0n) is 8.73. The number of aromatic nitrogens is 1. The van der Waals surface area contributed by atoms with E-state index in [9.17, 15) is 0 Å². The van der Waals surface area contributed by atoms with Gasteiger partial charge in [0.25, 0.3) is 0 Å². The molecule has 2 nitrogen and oxygen atoms in total. The minimum Gasteiger partial charge on any atom is -0.380 e. The molecule has 0 bridgehead atoms. The first-order valence-corrected chi connectivity index (χ1v) is 5.97.